The Morgan fingerprint density at radius 3 is 2.17 bits per heavy atom. The maximum absolute atomic E-state index is 11.5. The van der Waals surface area contributed by atoms with Crippen LogP contribution >= 0.6 is 10.5 Å². The molecule has 1 saturated heterocycles. The van der Waals surface area contributed by atoms with E-state index in [0.717, 1.165) is 5.75 Å². The number of hydrogen-bond donors (Lipinski definition) is 0. The van der Waals surface area contributed by atoms with Gasteiger partial charge in [-0.15, -0.1) is 0 Å². The topological polar surface area (TPSA) is 26.3 Å². The molecule has 1 aliphatic heterocycles. The quantitative estimate of drug-likeness (QED) is 0.462. The minimum atomic E-state index is -0.359. The molecule has 0 aromatic carbocycles. The first-order chi connectivity index (χ1) is 5.36. The van der Waals surface area contributed by atoms with E-state index in [0.29, 0.717) is 0 Å². The average molecular weight is 188 g/mol. The number of carbonyl (C=O) groups is 1. The van der Waals surface area contributed by atoms with E-state index in [1.807, 2.05) is 6.92 Å². The van der Waals surface area contributed by atoms with E-state index < -0.39 is 0 Å². The van der Waals surface area contributed by atoms with Crippen molar-refractivity contribution >= 4 is 22.3 Å². The molecule has 0 saturated carbocycles. The fraction of sp³-hybridized carbons (Fsp3) is 0.778. The smallest absolute Gasteiger partial charge is 0.321 e. The van der Waals surface area contributed by atoms with Crippen LogP contribution in [0, 0.1) is 5.41 Å². The highest BCUT2D eigenvalue weighted by atomic mass is 32.2. The molecule has 2 unspecified atom stereocenters. The monoisotopic (exact) mass is 188 g/mol. The van der Waals surface area contributed by atoms with E-state index in [4.69, 9.17) is 4.74 Å². The lowest BCUT2D eigenvalue weighted by Crippen LogP contribution is -2.58. The summed E-state index contributed by atoms with van der Waals surface area (Å²) in [5.41, 5.74) is 0.0466. The predicted molar refractivity (Wildman–Crippen MR) is 53.8 cm³/mol. The summed E-state index contributed by atoms with van der Waals surface area (Å²) >= 11 is 0. The van der Waals surface area contributed by atoms with Gasteiger partial charge >= 0.3 is 5.97 Å². The van der Waals surface area contributed by atoms with Crippen molar-refractivity contribution in [1.82, 2.24) is 0 Å². The number of methoxy groups -OCH3 is 1. The summed E-state index contributed by atoms with van der Waals surface area (Å²) in [6.07, 6.45) is 0. The molecular weight excluding hydrogens is 172 g/mol. The molecule has 0 amide bonds. The first-order valence-electron chi connectivity index (χ1n) is 3.95. The van der Waals surface area contributed by atoms with Gasteiger partial charge in [0.1, 0.15) is 4.75 Å². The summed E-state index contributed by atoms with van der Waals surface area (Å²) in [5.74, 6) is 4.90. The summed E-state index contributed by atoms with van der Waals surface area (Å²) in [6.45, 7) is 6.15. The lowest BCUT2D eigenvalue weighted by molar-refractivity contribution is -0.146. The Labute approximate surface area is 76.2 Å². The van der Waals surface area contributed by atoms with Crippen LogP contribution in [0.1, 0.15) is 20.8 Å². The van der Waals surface area contributed by atoms with Gasteiger partial charge in [0.2, 0.25) is 0 Å². The van der Waals surface area contributed by atoms with E-state index in [2.05, 4.69) is 19.7 Å². The van der Waals surface area contributed by atoms with Crippen molar-refractivity contribution in [2.24, 2.45) is 5.41 Å². The molecule has 0 aromatic rings. The van der Waals surface area contributed by atoms with Crippen molar-refractivity contribution in [1.29, 1.82) is 0 Å². The molecule has 0 aromatic heterocycles. The van der Waals surface area contributed by atoms with E-state index >= 15 is 0 Å². The van der Waals surface area contributed by atoms with Crippen molar-refractivity contribution in [3.63, 3.8) is 0 Å². The standard InChI is InChI=1S/C9H16O2S/c1-8(2)6-12(5)9(8,3)7(10)11-4/h5-6H2,1-4H3. The van der Waals surface area contributed by atoms with Gasteiger partial charge in [0, 0.05) is 0 Å². The molecule has 1 rings (SSSR count). The fourth-order valence-corrected chi connectivity index (χ4v) is 3.99. The Balaban J connectivity index is 2.96. The van der Waals surface area contributed by atoms with Crippen LogP contribution in [-0.2, 0) is 9.53 Å². The van der Waals surface area contributed by atoms with Crippen LogP contribution in [0.5, 0.6) is 0 Å². The Hall–Kier alpha value is -0.310. The number of hydrogen-bond acceptors (Lipinski definition) is 2. The molecule has 0 spiro atoms. The van der Waals surface area contributed by atoms with Gasteiger partial charge < -0.3 is 4.74 Å². The molecule has 0 radical (unpaired) electrons. The fourth-order valence-electron chi connectivity index (χ4n) is 1.62. The molecule has 0 aliphatic carbocycles. The summed E-state index contributed by atoms with van der Waals surface area (Å²) < 4.78 is 4.43. The van der Waals surface area contributed by atoms with Crippen molar-refractivity contribution < 1.29 is 9.53 Å². The molecule has 1 aliphatic rings. The summed E-state index contributed by atoms with van der Waals surface area (Å²) in [7, 11) is 1.37. The Bertz CT molecular complexity index is 245. The molecule has 0 N–H and O–H groups in total. The van der Waals surface area contributed by atoms with Gasteiger partial charge in [-0.3, -0.25) is 4.79 Å². The molecule has 70 valence electrons. The third-order valence-electron chi connectivity index (χ3n) is 2.98. The van der Waals surface area contributed by atoms with Gasteiger partial charge in [-0.1, -0.05) is 19.7 Å². The van der Waals surface area contributed by atoms with Crippen LogP contribution in [0.25, 0.3) is 0 Å². The van der Waals surface area contributed by atoms with Crippen LogP contribution in [0.2, 0.25) is 0 Å². The normalized spacial score (nSPS) is 38.5. The SMILES string of the molecule is C=S1CC(C)(C)C1(C)C(=O)OC. The van der Waals surface area contributed by atoms with E-state index in [9.17, 15) is 4.79 Å². The van der Waals surface area contributed by atoms with Gasteiger partial charge in [0.05, 0.1) is 7.11 Å². The molecule has 12 heavy (non-hydrogen) atoms. The van der Waals surface area contributed by atoms with Crippen molar-refractivity contribution in [2.45, 2.75) is 25.5 Å². The van der Waals surface area contributed by atoms with Crippen LogP contribution in [0.15, 0.2) is 0 Å². The highest BCUT2D eigenvalue weighted by Crippen LogP contribution is 2.58. The number of ether oxygens (including phenoxy) is 1. The Kier molecular flexibility index (Phi) is 2.11. The van der Waals surface area contributed by atoms with E-state index in [1.165, 1.54) is 7.11 Å². The maximum Gasteiger partial charge on any atom is 0.321 e. The zero-order valence-electron chi connectivity index (χ0n) is 8.14. The van der Waals surface area contributed by atoms with E-state index in [1.54, 1.807) is 0 Å². The first kappa shape index (κ1) is 9.78. The minimum Gasteiger partial charge on any atom is -0.468 e. The van der Waals surface area contributed by atoms with Gasteiger partial charge in [-0.25, -0.2) is 0 Å². The lowest BCUT2D eigenvalue weighted by atomic mass is 9.79. The molecule has 3 heteroatoms. The summed E-state index contributed by atoms with van der Waals surface area (Å²) in [5, 5.41) is 0. The van der Waals surface area contributed by atoms with E-state index in [-0.39, 0.29) is 26.6 Å². The molecule has 1 heterocycles. The largest absolute Gasteiger partial charge is 0.468 e. The second-order valence-electron chi connectivity index (χ2n) is 4.05. The third kappa shape index (κ3) is 0.954. The molecule has 2 atom stereocenters. The Morgan fingerprint density at radius 2 is 2.00 bits per heavy atom. The van der Waals surface area contributed by atoms with Crippen LogP contribution in [-0.4, -0.2) is 29.4 Å². The zero-order valence-corrected chi connectivity index (χ0v) is 8.96. The van der Waals surface area contributed by atoms with Crippen LogP contribution in [0.4, 0.5) is 0 Å². The molecule has 1 fully saturated rings. The molecular formula is C9H16O2S. The minimum absolute atomic E-state index is 0.0466. The Morgan fingerprint density at radius 1 is 1.50 bits per heavy atom. The zero-order chi connectivity index (χ0) is 9.57. The lowest BCUT2D eigenvalue weighted by Gasteiger charge is -2.54. The van der Waals surface area contributed by atoms with Crippen LogP contribution in [0.3, 0.4) is 0 Å². The number of rotatable bonds is 1. The van der Waals surface area contributed by atoms with Crippen LogP contribution < -0.4 is 0 Å². The van der Waals surface area contributed by atoms with Crippen molar-refractivity contribution in [3.8, 4) is 0 Å². The van der Waals surface area contributed by atoms with Crippen molar-refractivity contribution in [3.05, 3.63) is 0 Å². The number of esters is 1. The second kappa shape index (κ2) is 2.59. The highest BCUT2D eigenvalue weighted by Gasteiger charge is 2.58. The molecule has 0 bridgehead atoms. The number of carbonyl (C=O) groups excluding carboxylic acids is 1. The maximum atomic E-state index is 11.5. The van der Waals surface area contributed by atoms with Gasteiger partial charge in [-0.2, -0.15) is 10.5 Å². The third-order valence-corrected chi connectivity index (χ3v) is 5.92. The average Bonchev–Trinajstić information content (AvgIpc) is 2.01. The second-order valence-corrected chi connectivity index (χ2v) is 6.14. The van der Waals surface area contributed by atoms with Gasteiger partial charge in [0.15, 0.2) is 0 Å². The van der Waals surface area contributed by atoms with Gasteiger partial charge in [0.25, 0.3) is 0 Å². The summed E-state index contributed by atoms with van der Waals surface area (Å²) in [4.78, 5) is 11.5. The highest BCUT2D eigenvalue weighted by molar-refractivity contribution is 8.17. The van der Waals surface area contributed by atoms with Gasteiger partial charge in [-0.05, 0) is 18.1 Å². The summed E-state index contributed by atoms with van der Waals surface area (Å²) in [6, 6.07) is 0. The first-order valence-corrected chi connectivity index (χ1v) is 5.51. The predicted octanol–water partition coefficient (Wildman–Crippen LogP) is 1.66. The van der Waals surface area contributed by atoms with Crippen molar-refractivity contribution in [2.75, 3.05) is 12.9 Å². The molecule has 2 nitrogen and oxygen atoms in total.